The molecule has 0 saturated carbocycles. The smallest absolute Gasteiger partial charge is 0.162 e. The van der Waals surface area contributed by atoms with E-state index >= 15 is 0 Å². The summed E-state index contributed by atoms with van der Waals surface area (Å²) in [5.41, 5.74) is 1.95. The molecule has 116 valence electrons. The highest BCUT2D eigenvalue weighted by molar-refractivity contribution is 7.91. The largest absolute Gasteiger partial charge is 0.493 e. The zero-order chi connectivity index (χ0) is 15.0. The number of nitrogens with zero attached hydrogens (tertiary/aromatic N) is 1. The van der Waals surface area contributed by atoms with Crippen LogP contribution in [0.4, 0.5) is 11.4 Å². The van der Waals surface area contributed by atoms with Crippen LogP contribution in [0.25, 0.3) is 0 Å². The maximum Gasteiger partial charge on any atom is 0.162 e. The maximum atomic E-state index is 11.7. The SMILES string of the molecule is COc1cc2c(cc1OC)N(C1CCS(=O)(=O)C1)CCN2. The fourth-order valence-corrected chi connectivity index (χ4v) is 4.81. The molecule has 3 rings (SSSR count). The van der Waals surface area contributed by atoms with Gasteiger partial charge >= 0.3 is 0 Å². The monoisotopic (exact) mass is 312 g/mol. The van der Waals surface area contributed by atoms with Crippen molar-refractivity contribution >= 4 is 21.2 Å². The van der Waals surface area contributed by atoms with Crippen molar-refractivity contribution in [3.63, 3.8) is 0 Å². The predicted molar refractivity (Wildman–Crippen MR) is 82.4 cm³/mol. The molecular formula is C14H20N2O4S. The molecule has 0 bridgehead atoms. The Hall–Kier alpha value is -1.63. The molecule has 0 amide bonds. The van der Waals surface area contributed by atoms with Gasteiger partial charge < -0.3 is 19.7 Å². The standard InChI is InChI=1S/C14H20N2O4S/c1-19-13-7-11-12(8-14(13)20-2)16(5-4-15-11)10-3-6-21(17,18)9-10/h7-8,10,15H,3-6,9H2,1-2H3. The molecule has 1 unspecified atom stereocenters. The van der Waals surface area contributed by atoms with E-state index in [4.69, 9.17) is 9.47 Å². The molecule has 0 aliphatic carbocycles. The molecule has 2 aliphatic heterocycles. The van der Waals surface area contributed by atoms with Crippen LogP contribution in [0.3, 0.4) is 0 Å². The zero-order valence-corrected chi connectivity index (χ0v) is 13.1. The van der Waals surface area contributed by atoms with Gasteiger partial charge in [0.2, 0.25) is 0 Å². The van der Waals surface area contributed by atoms with Gasteiger partial charge in [0.15, 0.2) is 21.3 Å². The van der Waals surface area contributed by atoms with Crippen LogP contribution in [-0.2, 0) is 9.84 Å². The zero-order valence-electron chi connectivity index (χ0n) is 12.3. The van der Waals surface area contributed by atoms with E-state index in [-0.39, 0.29) is 17.5 Å². The van der Waals surface area contributed by atoms with Gasteiger partial charge in [-0.2, -0.15) is 0 Å². The Morgan fingerprint density at radius 3 is 2.57 bits per heavy atom. The third kappa shape index (κ3) is 2.62. The van der Waals surface area contributed by atoms with Crippen LogP contribution in [0, 0.1) is 0 Å². The van der Waals surface area contributed by atoms with Gasteiger partial charge in [-0.25, -0.2) is 8.42 Å². The Kier molecular flexibility index (Phi) is 3.61. The summed E-state index contributed by atoms with van der Waals surface area (Å²) in [6.45, 7) is 1.59. The number of sulfone groups is 1. The summed E-state index contributed by atoms with van der Waals surface area (Å²) < 4.78 is 34.1. The van der Waals surface area contributed by atoms with Gasteiger partial charge in [-0.05, 0) is 6.42 Å². The number of nitrogens with one attached hydrogen (secondary N) is 1. The van der Waals surface area contributed by atoms with E-state index in [0.717, 1.165) is 24.5 Å². The topological polar surface area (TPSA) is 67.9 Å². The summed E-state index contributed by atoms with van der Waals surface area (Å²) in [5, 5.41) is 3.34. The molecule has 1 atom stereocenters. The molecule has 7 heteroatoms. The first-order valence-electron chi connectivity index (χ1n) is 7.01. The minimum atomic E-state index is -2.89. The molecule has 2 heterocycles. The van der Waals surface area contributed by atoms with Crippen molar-refractivity contribution in [3.05, 3.63) is 12.1 Å². The number of hydrogen-bond donors (Lipinski definition) is 1. The van der Waals surface area contributed by atoms with Gasteiger partial charge in [-0.15, -0.1) is 0 Å². The normalized spacial score (nSPS) is 23.3. The highest BCUT2D eigenvalue weighted by atomic mass is 32.2. The summed E-state index contributed by atoms with van der Waals surface area (Å²) in [6.07, 6.45) is 0.691. The molecule has 21 heavy (non-hydrogen) atoms. The lowest BCUT2D eigenvalue weighted by Gasteiger charge is -2.36. The lowest BCUT2D eigenvalue weighted by molar-refractivity contribution is 0.355. The van der Waals surface area contributed by atoms with Crippen LogP contribution >= 0.6 is 0 Å². The molecule has 1 N–H and O–H groups in total. The van der Waals surface area contributed by atoms with Crippen LogP contribution in [0.5, 0.6) is 11.5 Å². The van der Waals surface area contributed by atoms with Crippen molar-refractivity contribution in [3.8, 4) is 11.5 Å². The van der Waals surface area contributed by atoms with Gasteiger partial charge in [-0.1, -0.05) is 0 Å². The van der Waals surface area contributed by atoms with Crippen molar-refractivity contribution in [1.29, 1.82) is 0 Å². The summed E-state index contributed by atoms with van der Waals surface area (Å²) in [7, 11) is 0.314. The minimum absolute atomic E-state index is 0.0500. The number of rotatable bonds is 3. The fourth-order valence-electron chi connectivity index (χ4n) is 3.08. The molecule has 0 aromatic heterocycles. The summed E-state index contributed by atoms with van der Waals surface area (Å²) in [4.78, 5) is 2.18. The number of fused-ring (bicyclic) bond motifs is 1. The molecule has 0 radical (unpaired) electrons. The van der Waals surface area contributed by atoms with E-state index < -0.39 is 9.84 Å². The fraction of sp³-hybridized carbons (Fsp3) is 0.571. The number of methoxy groups -OCH3 is 2. The highest BCUT2D eigenvalue weighted by Crippen LogP contribution is 2.41. The van der Waals surface area contributed by atoms with Crippen LogP contribution in [0.1, 0.15) is 6.42 Å². The molecule has 1 saturated heterocycles. The molecule has 1 aromatic rings. The third-order valence-electron chi connectivity index (χ3n) is 4.13. The van der Waals surface area contributed by atoms with Crippen LogP contribution in [0.15, 0.2) is 12.1 Å². The molecule has 1 aromatic carbocycles. The predicted octanol–water partition coefficient (Wildman–Crippen LogP) is 1.12. The summed E-state index contributed by atoms with van der Waals surface area (Å²) >= 11 is 0. The Bertz CT molecular complexity index is 645. The molecule has 2 aliphatic rings. The lowest BCUT2D eigenvalue weighted by atomic mass is 10.1. The van der Waals surface area contributed by atoms with Crippen molar-refractivity contribution in [2.75, 3.05) is 49.0 Å². The second-order valence-corrected chi connectivity index (χ2v) is 7.63. The van der Waals surface area contributed by atoms with Crippen molar-refractivity contribution < 1.29 is 17.9 Å². The average molecular weight is 312 g/mol. The molecule has 6 nitrogen and oxygen atoms in total. The van der Waals surface area contributed by atoms with E-state index in [1.54, 1.807) is 14.2 Å². The number of hydrogen-bond acceptors (Lipinski definition) is 6. The minimum Gasteiger partial charge on any atom is -0.493 e. The second kappa shape index (κ2) is 5.29. The average Bonchev–Trinajstić information content (AvgIpc) is 2.85. The molecule has 0 spiro atoms. The summed E-state index contributed by atoms with van der Waals surface area (Å²) in [5.74, 6) is 1.85. The van der Waals surface area contributed by atoms with Gasteiger partial charge in [-0.3, -0.25) is 0 Å². The Labute approximate surface area is 125 Å². The second-order valence-electron chi connectivity index (χ2n) is 5.40. The third-order valence-corrected chi connectivity index (χ3v) is 5.88. The van der Waals surface area contributed by atoms with Crippen molar-refractivity contribution in [2.24, 2.45) is 0 Å². The van der Waals surface area contributed by atoms with E-state index in [1.165, 1.54) is 0 Å². The first-order chi connectivity index (χ1) is 10.0. The van der Waals surface area contributed by atoms with Gasteiger partial charge in [0.05, 0.1) is 37.1 Å². The molecule has 1 fully saturated rings. The van der Waals surface area contributed by atoms with Crippen LogP contribution < -0.4 is 19.7 Å². The number of anilines is 2. The Balaban J connectivity index is 1.97. The number of ether oxygens (including phenoxy) is 2. The van der Waals surface area contributed by atoms with Crippen LogP contribution in [0.2, 0.25) is 0 Å². The van der Waals surface area contributed by atoms with Gasteiger partial charge in [0, 0.05) is 31.3 Å². The first-order valence-corrected chi connectivity index (χ1v) is 8.83. The van der Waals surface area contributed by atoms with E-state index in [2.05, 4.69) is 10.2 Å². The van der Waals surface area contributed by atoms with E-state index in [9.17, 15) is 8.42 Å². The highest BCUT2D eigenvalue weighted by Gasteiger charge is 2.34. The van der Waals surface area contributed by atoms with Gasteiger partial charge in [0.1, 0.15) is 0 Å². The Morgan fingerprint density at radius 1 is 1.24 bits per heavy atom. The number of benzene rings is 1. The molecular weight excluding hydrogens is 292 g/mol. The lowest BCUT2D eigenvalue weighted by Crippen LogP contribution is -2.42. The maximum absolute atomic E-state index is 11.7. The quantitative estimate of drug-likeness (QED) is 0.902. The van der Waals surface area contributed by atoms with Crippen molar-refractivity contribution in [2.45, 2.75) is 12.5 Å². The van der Waals surface area contributed by atoms with E-state index in [0.29, 0.717) is 17.9 Å². The van der Waals surface area contributed by atoms with Crippen molar-refractivity contribution in [1.82, 2.24) is 0 Å². The first kappa shape index (κ1) is 14.3. The summed E-state index contributed by atoms with van der Waals surface area (Å²) in [6, 6.07) is 3.88. The van der Waals surface area contributed by atoms with Gasteiger partial charge in [0.25, 0.3) is 0 Å². The van der Waals surface area contributed by atoms with Crippen LogP contribution in [-0.4, -0.2) is 53.3 Å². The van der Waals surface area contributed by atoms with E-state index in [1.807, 2.05) is 12.1 Å². The Morgan fingerprint density at radius 2 is 1.95 bits per heavy atom.